The number of carboxylic acid groups (broad SMARTS) is 1. The Labute approximate surface area is 134 Å². The quantitative estimate of drug-likeness (QED) is 0.831. The molecule has 3 rings (SSSR count). The Morgan fingerprint density at radius 1 is 1.32 bits per heavy atom. The first-order chi connectivity index (χ1) is 10.6. The highest BCUT2D eigenvalue weighted by Crippen LogP contribution is 2.29. The van der Waals surface area contributed by atoms with Crippen molar-refractivity contribution in [3.8, 4) is 0 Å². The molecule has 4 nitrogen and oxygen atoms in total. The summed E-state index contributed by atoms with van der Waals surface area (Å²) in [5.41, 5.74) is 1.66. The number of nitrogens with zero attached hydrogens (tertiary/aromatic N) is 2. The van der Waals surface area contributed by atoms with Crippen LogP contribution in [0.25, 0.3) is 0 Å². The van der Waals surface area contributed by atoms with Crippen molar-refractivity contribution in [3.05, 3.63) is 52.8 Å². The molecule has 1 fully saturated rings. The first-order valence-corrected chi connectivity index (χ1v) is 7.75. The number of rotatable bonds is 4. The molecule has 0 bridgehead atoms. The van der Waals surface area contributed by atoms with E-state index in [1.165, 1.54) is 31.7 Å². The van der Waals surface area contributed by atoms with E-state index in [1.54, 1.807) is 18.3 Å². The van der Waals surface area contributed by atoms with Crippen molar-refractivity contribution in [1.82, 2.24) is 4.57 Å². The van der Waals surface area contributed by atoms with Crippen LogP contribution in [0.1, 0.15) is 47.6 Å². The number of aliphatic imine (C=N–C) groups is 1. The minimum absolute atomic E-state index is 0.0693. The van der Waals surface area contributed by atoms with E-state index in [4.69, 9.17) is 16.7 Å². The van der Waals surface area contributed by atoms with Crippen LogP contribution in [0.3, 0.4) is 0 Å². The van der Waals surface area contributed by atoms with Crippen LogP contribution < -0.4 is 0 Å². The minimum Gasteiger partial charge on any atom is -0.478 e. The van der Waals surface area contributed by atoms with Gasteiger partial charge < -0.3 is 9.67 Å². The maximum atomic E-state index is 11.1. The summed E-state index contributed by atoms with van der Waals surface area (Å²) in [6.45, 7) is 0. The van der Waals surface area contributed by atoms with E-state index in [0.29, 0.717) is 11.7 Å². The van der Waals surface area contributed by atoms with Gasteiger partial charge in [-0.3, -0.25) is 4.99 Å². The molecule has 114 valence electrons. The lowest BCUT2D eigenvalue weighted by molar-refractivity contribution is 0.0697. The average molecular weight is 317 g/mol. The third kappa shape index (κ3) is 3.22. The van der Waals surface area contributed by atoms with Gasteiger partial charge in [0.2, 0.25) is 0 Å². The second kappa shape index (κ2) is 6.36. The summed E-state index contributed by atoms with van der Waals surface area (Å²) in [7, 11) is 0. The second-order valence-electron chi connectivity index (χ2n) is 5.56. The molecule has 1 N–H and O–H groups in total. The summed E-state index contributed by atoms with van der Waals surface area (Å²) in [4.78, 5) is 15.4. The van der Waals surface area contributed by atoms with Gasteiger partial charge in [0, 0.05) is 30.2 Å². The molecule has 1 saturated carbocycles. The van der Waals surface area contributed by atoms with Crippen molar-refractivity contribution < 1.29 is 9.90 Å². The number of carboxylic acids is 1. The zero-order valence-corrected chi connectivity index (χ0v) is 12.8. The first-order valence-electron chi connectivity index (χ1n) is 7.38. The summed E-state index contributed by atoms with van der Waals surface area (Å²) < 4.78 is 2.25. The van der Waals surface area contributed by atoms with Gasteiger partial charge in [-0.1, -0.05) is 24.4 Å². The number of benzene rings is 1. The Kier molecular flexibility index (Phi) is 4.29. The Balaban J connectivity index is 1.76. The third-order valence-corrected chi connectivity index (χ3v) is 4.36. The number of hydrogen-bond donors (Lipinski definition) is 1. The van der Waals surface area contributed by atoms with Crippen molar-refractivity contribution in [3.63, 3.8) is 0 Å². The molecule has 1 aliphatic carbocycles. The maximum Gasteiger partial charge on any atom is 0.337 e. The summed E-state index contributed by atoms with van der Waals surface area (Å²) in [6.07, 6.45) is 11.0. The molecule has 1 heterocycles. The average Bonchev–Trinajstić information content (AvgIpc) is 3.17. The van der Waals surface area contributed by atoms with Gasteiger partial charge in [-0.2, -0.15) is 0 Å². The molecule has 1 aromatic carbocycles. The predicted octanol–water partition coefficient (Wildman–Crippen LogP) is 4.71. The minimum atomic E-state index is -1.05. The summed E-state index contributed by atoms with van der Waals surface area (Å²) in [5, 5.41) is 9.28. The lowest BCUT2D eigenvalue weighted by Crippen LogP contribution is -2.00. The topological polar surface area (TPSA) is 54.6 Å². The Bertz CT molecular complexity index is 715. The maximum absolute atomic E-state index is 11.1. The van der Waals surface area contributed by atoms with E-state index in [0.717, 1.165) is 5.56 Å². The molecule has 0 spiro atoms. The molecule has 22 heavy (non-hydrogen) atoms. The van der Waals surface area contributed by atoms with E-state index >= 15 is 0 Å². The smallest absolute Gasteiger partial charge is 0.337 e. The van der Waals surface area contributed by atoms with E-state index in [9.17, 15) is 4.79 Å². The fourth-order valence-electron chi connectivity index (χ4n) is 2.84. The second-order valence-corrected chi connectivity index (χ2v) is 5.97. The Hall–Kier alpha value is -2.07. The van der Waals surface area contributed by atoms with Crippen molar-refractivity contribution in [2.45, 2.75) is 31.7 Å². The van der Waals surface area contributed by atoms with Crippen LogP contribution in [0.2, 0.25) is 5.02 Å². The lowest BCUT2D eigenvalue weighted by atomic mass is 10.2. The molecule has 0 unspecified atom stereocenters. The van der Waals surface area contributed by atoms with Gasteiger partial charge in [-0.05, 0) is 37.1 Å². The molecule has 0 saturated heterocycles. The Morgan fingerprint density at radius 2 is 2.09 bits per heavy atom. The first kappa shape index (κ1) is 14.9. The number of aromatic nitrogens is 1. The molecule has 0 atom stereocenters. The number of hydrogen-bond acceptors (Lipinski definition) is 2. The molecule has 2 aromatic rings. The third-order valence-electron chi connectivity index (χ3n) is 4.03. The van der Waals surface area contributed by atoms with Crippen molar-refractivity contribution >= 4 is 29.5 Å². The number of halogens is 1. The van der Waals surface area contributed by atoms with Crippen LogP contribution in [0.5, 0.6) is 0 Å². The highest BCUT2D eigenvalue weighted by Gasteiger charge is 2.16. The number of carbonyl (C=O) groups is 1. The molecule has 0 aliphatic heterocycles. The van der Waals surface area contributed by atoms with Crippen molar-refractivity contribution in [1.29, 1.82) is 0 Å². The molecule has 1 aromatic heterocycles. The molecule has 0 radical (unpaired) electrons. The van der Waals surface area contributed by atoms with Gasteiger partial charge in [-0.15, -0.1) is 0 Å². The van der Waals surface area contributed by atoms with Crippen LogP contribution >= 0.6 is 11.6 Å². The fourth-order valence-corrected chi connectivity index (χ4v) is 3.04. The van der Waals surface area contributed by atoms with E-state index in [-0.39, 0.29) is 10.6 Å². The summed E-state index contributed by atoms with van der Waals surface area (Å²) in [5.74, 6) is -1.05. The predicted molar refractivity (Wildman–Crippen MR) is 87.6 cm³/mol. The van der Waals surface area contributed by atoms with Crippen LogP contribution in [-0.4, -0.2) is 21.9 Å². The van der Waals surface area contributed by atoms with Gasteiger partial charge >= 0.3 is 5.97 Å². The molecular formula is C17H17ClN2O2. The van der Waals surface area contributed by atoms with Gasteiger partial charge in [0.1, 0.15) is 0 Å². The van der Waals surface area contributed by atoms with E-state index in [2.05, 4.69) is 22.0 Å². The lowest BCUT2D eigenvalue weighted by Gasteiger charge is -2.10. The van der Waals surface area contributed by atoms with Gasteiger partial charge in [0.25, 0.3) is 0 Å². The van der Waals surface area contributed by atoms with E-state index in [1.807, 2.05) is 6.07 Å². The summed E-state index contributed by atoms with van der Waals surface area (Å²) in [6, 6.07) is 7.38. The van der Waals surface area contributed by atoms with Gasteiger partial charge in [0.15, 0.2) is 0 Å². The monoisotopic (exact) mass is 316 g/mol. The highest BCUT2D eigenvalue weighted by molar-refractivity contribution is 6.33. The zero-order chi connectivity index (χ0) is 15.5. The SMILES string of the molecule is O=C(O)c1cc(N=Cc2ccn(C3CCCC3)c2)ccc1Cl. The summed E-state index contributed by atoms with van der Waals surface area (Å²) >= 11 is 5.85. The van der Waals surface area contributed by atoms with Crippen LogP contribution in [0.4, 0.5) is 5.69 Å². The largest absolute Gasteiger partial charge is 0.478 e. The molecule has 0 amide bonds. The normalized spacial score (nSPS) is 15.7. The van der Waals surface area contributed by atoms with Gasteiger partial charge in [0.05, 0.1) is 16.3 Å². The molecule has 5 heteroatoms. The van der Waals surface area contributed by atoms with Crippen LogP contribution in [-0.2, 0) is 0 Å². The van der Waals surface area contributed by atoms with Gasteiger partial charge in [-0.25, -0.2) is 4.79 Å². The Morgan fingerprint density at radius 3 is 2.82 bits per heavy atom. The van der Waals surface area contributed by atoms with Crippen LogP contribution in [0, 0.1) is 0 Å². The van der Waals surface area contributed by atoms with Crippen LogP contribution in [0.15, 0.2) is 41.7 Å². The van der Waals surface area contributed by atoms with Crippen molar-refractivity contribution in [2.75, 3.05) is 0 Å². The standard InChI is InChI=1S/C17H17ClN2O2/c18-16-6-5-13(9-15(16)17(21)22)19-10-12-7-8-20(11-12)14-3-1-2-4-14/h5-11,14H,1-4H2,(H,21,22). The number of aromatic carboxylic acids is 1. The zero-order valence-electron chi connectivity index (χ0n) is 12.1. The highest BCUT2D eigenvalue weighted by atomic mass is 35.5. The van der Waals surface area contributed by atoms with Crippen molar-refractivity contribution in [2.24, 2.45) is 4.99 Å². The fraction of sp³-hybridized carbons (Fsp3) is 0.294. The van der Waals surface area contributed by atoms with E-state index < -0.39 is 5.97 Å². The molecular weight excluding hydrogens is 300 g/mol. The molecule has 1 aliphatic rings.